The van der Waals surface area contributed by atoms with Gasteiger partial charge in [-0.25, -0.2) is 4.39 Å². The van der Waals surface area contributed by atoms with Crippen LogP contribution >= 0.6 is 11.6 Å². The summed E-state index contributed by atoms with van der Waals surface area (Å²) in [4.78, 5) is 14.0. The Bertz CT molecular complexity index is 822. The molecule has 0 fully saturated rings. The van der Waals surface area contributed by atoms with Crippen LogP contribution in [0.3, 0.4) is 0 Å². The van der Waals surface area contributed by atoms with Gasteiger partial charge in [0, 0.05) is 10.6 Å². The molecule has 0 bridgehead atoms. The lowest BCUT2D eigenvalue weighted by Crippen LogP contribution is -2.32. The number of benzene rings is 2. The van der Waals surface area contributed by atoms with Gasteiger partial charge in [-0.1, -0.05) is 11.6 Å². The third kappa shape index (κ3) is 2.47. The molecule has 1 heterocycles. The Labute approximate surface area is 131 Å². The molecule has 0 aliphatic carbocycles. The summed E-state index contributed by atoms with van der Waals surface area (Å²) in [5, 5.41) is 9.80. The lowest BCUT2D eigenvalue weighted by atomic mass is 10.0. The molecule has 0 saturated heterocycles. The monoisotopic (exact) mass is 312 g/mol. The Morgan fingerprint density at radius 1 is 1.23 bits per heavy atom. The van der Waals surface area contributed by atoms with Crippen molar-refractivity contribution in [3.63, 3.8) is 0 Å². The summed E-state index contributed by atoms with van der Waals surface area (Å²) in [6.45, 7) is 0. The van der Waals surface area contributed by atoms with Gasteiger partial charge in [-0.15, -0.1) is 0 Å². The number of allylic oxidation sites excluding steroid dienone is 2. The fourth-order valence-corrected chi connectivity index (χ4v) is 2.53. The molecule has 108 valence electrons. The smallest absolute Gasteiger partial charge is 0.263 e. The Kier molecular flexibility index (Phi) is 3.66. The van der Waals surface area contributed by atoms with Crippen LogP contribution in [0.15, 0.2) is 54.2 Å². The standard InChI is InChI=1S/C17H10ClFN2O/c18-13-4-1-11(2-5-13)17(22)21-15(10-20)7-3-12-9-14(19)6-8-16(12)21/h1-2,4-9H,3H2. The Balaban J connectivity index is 2.08. The molecule has 22 heavy (non-hydrogen) atoms. The molecule has 0 radical (unpaired) electrons. The van der Waals surface area contributed by atoms with Crippen molar-refractivity contribution in [1.82, 2.24) is 0 Å². The maximum absolute atomic E-state index is 13.4. The number of carbonyl (C=O) groups excluding carboxylic acids is 1. The van der Waals surface area contributed by atoms with Gasteiger partial charge in [-0.3, -0.25) is 9.69 Å². The summed E-state index contributed by atoms with van der Waals surface area (Å²) in [6, 6.07) is 12.6. The minimum Gasteiger partial charge on any atom is -0.268 e. The zero-order valence-electron chi connectivity index (χ0n) is 11.4. The molecule has 2 aromatic rings. The topological polar surface area (TPSA) is 44.1 Å². The van der Waals surface area contributed by atoms with E-state index in [1.54, 1.807) is 30.3 Å². The van der Waals surface area contributed by atoms with Gasteiger partial charge in [0.1, 0.15) is 17.6 Å². The van der Waals surface area contributed by atoms with Crippen LogP contribution in [0.1, 0.15) is 15.9 Å². The zero-order chi connectivity index (χ0) is 15.7. The van der Waals surface area contributed by atoms with Crippen molar-refractivity contribution in [2.75, 3.05) is 4.90 Å². The van der Waals surface area contributed by atoms with E-state index in [1.165, 1.54) is 23.1 Å². The van der Waals surface area contributed by atoms with Gasteiger partial charge in [0.05, 0.1) is 5.69 Å². The van der Waals surface area contributed by atoms with Crippen molar-refractivity contribution < 1.29 is 9.18 Å². The van der Waals surface area contributed by atoms with Crippen molar-refractivity contribution in [1.29, 1.82) is 5.26 Å². The Hall–Kier alpha value is -2.64. The molecule has 3 rings (SSSR count). The van der Waals surface area contributed by atoms with Gasteiger partial charge < -0.3 is 0 Å². The number of amides is 1. The number of hydrogen-bond acceptors (Lipinski definition) is 2. The van der Waals surface area contributed by atoms with Gasteiger partial charge in [-0.2, -0.15) is 5.26 Å². The van der Waals surface area contributed by atoms with Crippen LogP contribution in [0.5, 0.6) is 0 Å². The van der Waals surface area contributed by atoms with E-state index < -0.39 is 0 Å². The lowest BCUT2D eigenvalue weighted by Gasteiger charge is -2.27. The van der Waals surface area contributed by atoms with E-state index in [4.69, 9.17) is 11.6 Å². The minimum absolute atomic E-state index is 0.235. The fourth-order valence-electron chi connectivity index (χ4n) is 2.40. The maximum atomic E-state index is 13.4. The first-order chi connectivity index (χ1) is 10.6. The molecular weight excluding hydrogens is 303 g/mol. The van der Waals surface area contributed by atoms with E-state index in [0.29, 0.717) is 28.3 Å². The molecule has 1 aliphatic rings. The van der Waals surface area contributed by atoms with Crippen LogP contribution in [-0.2, 0) is 6.42 Å². The van der Waals surface area contributed by atoms with Crippen LogP contribution < -0.4 is 4.90 Å². The van der Waals surface area contributed by atoms with Gasteiger partial charge in [0.15, 0.2) is 0 Å². The van der Waals surface area contributed by atoms with Crippen molar-refractivity contribution in [3.8, 4) is 6.07 Å². The predicted octanol–water partition coefficient (Wildman–Crippen LogP) is 4.09. The number of nitrogens with zero attached hydrogens (tertiary/aromatic N) is 2. The number of rotatable bonds is 1. The van der Waals surface area contributed by atoms with Gasteiger partial charge in [0.25, 0.3) is 5.91 Å². The first-order valence-electron chi connectivity index (χ1n) is 6.59. The molecule has 2 aromatic carbocycles. The van der Waals surface area contributed by atoms with Gasteiger partial charge in [-0.05, 0) is 60.5 Å². The highest BCUT2D eigenvalue weighted by Crippen LogP contribution is 2.31. The number of hydrogen-bond donors (Lipinski definition) is 0. The summed E-state index contributed by atoms with van der Waals surface area (Å²) in [7, 11) is 0. The normalized spacial score (nSPS) is 13.1. The van der Waals surface area contributed by atoms with E-state index in [2.05, 4.69) is 0 Å². The van der Waals surface area contributed by atoms with E-state index in [-0.39, 0.29) is 17.4 Å². The van der Waals surface area contributed by atoms with E-state index in [0.717, 1.165) is 0 Å². The molecule has 0 N–H and O–H groups in total. The molecule has 0 spiro atoms. The van der Waals surface area contributed by atoms with Crippen molar-refractivity contribution in [3.05, 3.63) is 76.2 Å². The summed E-state index contributed by atoms with van der Waals surface area (Å²) in [5.41, 5.74) is 1.84. The molecule has 0 aromatic heterocycles. The Morgan fingerprint density at radius 2 is 1.95 bits per heavy atom. The number of carbonyl (C=O) groups is 1. The van der Waals surface area contributed by atoms with Crippen LogP contribution in [0, 0.1) is 17.1 Å². The van der Waals surface area contributed by atoms with Crippen LogP contribution in [0.2, 0.25) is 5.02 Å². The van der Waals surface area contributed by atoms with Crippen molar-refractivity contribution >= 4 is 23.2 Å². The van der Waals surface area contributed by atoms with Crippen LogP contribution in [0.25, 0.3) is 0 Å². The van der Waals surface area contributed by atoms with Gasteiger partial charge >= 0.3 is 0 Å². The lowest BCUT2D eigenvalue weighted by molar-refractivity contribution is 0.0995. The number of fused-ring (bicyclic) bond motifs is 1. The van der Waals surface area contributed by atoms with Gasteiger partial charge in [0.2, 0.25) is 0 Å². The largest absolute Gasteiger partial charge is 0.268 e. The summed E-state index contributed by atoms with van der Waals surface area (Å²) < 4.78 is 13.4. The zero-order valence-corrected chi connectivity index (χ0v) is 12.1. The second kappa shape index (κ2) is 5.63. The number of nitriles is 1. The molecule has 0 unspecified atom stereocenters. The highest BCUT2D eigenvalue weighted by Gasteiger charge is 2.27. The fraction of sp³-hybridized carbons (Fsp3) is 0.0588. The molecule has 5 heteroatoms. The first-order valence-corrected chi connectivity index (χ1v) is 6.96. The molecule has 0 atom stereocenters. The highest BCUT2D eigenvalue weighted by atomic mass is 35.5. The molecule has 0 saturated carbocycles. The first kappa shape index (κ1) is 14.3. The molecular formula is C17H10ClFN2O. The number of anilines is 1. The highest BCUT2D eigenvalue weighted by molar-refractivity contribution is 6.30. The second-order valence-corrected chi connectivity index (χ2v) is 5.26. The van der Waals surface area contributed by atoms with Crippen LogP contribution in [0.4, 0.5) is 10.1 Å². The third-order valence-electron chi connectivity index (χ3n) is 3.45. The average Bonchev–Trinajstić information content (AvgIpc) is 2.53. The van der Waals surface area contributed by atoms with E-state index >= 15 is 0 Å². The maximum Gasteiger partial charge on any atom is 0.263 e. The SMILES string of the molecule is N#CC1=CCc2cc(F)ccc2N1C(=O)c1ccc(Cl)cc1. The summed E-state index contributed by atoms with van der Waals surface area (Å²) >= 11 is 5.83. The second-order valence-electron chi connectivity index (χ2n) is 4.83. The summed E-state index contributed by atoms with van der Waals surface area (Å²) in [6.07, 6.45) is 2.04. The average molecular weight is 313 g/mol. The van der Waals surface area contributed by atoms with Crippen LogP contribution in [-0.4, -0.2) is 5.91 Å². The third-order valence-corrected chi connectivity index (χ3v) is 3.70. The van der Waals surface area contributed by atoms with Crippen molar-refractivity contribution in [2.24, 2.45) is 0 Å². The van der Waals surface area contributed by atoms with Crippen molar-refractivity contribution in [2.45, 2.75) is 6.42 Å². The molecule has 1 amide bonds. The van der Waals surface area contributed by atoms with E-state index in [9.17, 15) is 14.4 Å². The molecule has 3 nitrogen and oxygen atoms in total. The van der Waals surface area contributed by atoms with E-state index in [1.807, 2.05) is 6.07 Å². The minimum atomic E-state index is -0.369. The quantitative estimate of drug-likeness (QED) is 0.796. The Morgan fingerprint density at radius 3 is 2.64 bits per heavy atom. The predicted molar refractivity (Wildman–Crippen MR) is 82.1 cm³/mol. The molecule has 1 aliphatic heterocycles. The summed E-state index contributed by atoms with van der Waals surface area (Å²) in [5.74, 6) is -0.719. The number of halogens is 2.